The summed E-state index contributed by atoms with van der Waals surface area (Å²) >= 11 is 0. The molecule has 1 fully saturated rings. The number of carbonyl (C=O) groups excluding carboxylic acids is 1. The van der Waals surface area contributed by atoms with E-state index in [-0.39, 0.29) is 0 Å². The molecule has 0 aliphatic carbocycles. The van der Waals surface area contributed by atoms with Gasteiger partial charge in [0.15, 0.2) is 5.58 Å². The van der Waals surface area contributed by atoms with Gasteiger partial charge in [-0.2, -0.15) is 4.98 Å². The highest BCUT2D eigenvalue weighted by Gasteiger charge is 2.25. The molecule has 1 saturated heterocycles. The van der Waals surface area contributed by atoms with Gasteiger partial charge in [-0.3, -0.25) is 0 Å². The Morgan fingerprint density at radius 1 is 1.24 bits per heavy atom. The lowest BCUT2D eigenvalue weighted by atomic mass is 10.2. The van der Waals surface area contributed by atoms with Crippen molar-refractivity contribution in [3.63, 3.8) is 0 Å². The molecule has 1 amide bonds. The van der Waals surface area contributed by atoms with Gasteiger partial charge in [0.2, 0.25) is 0 Å². The Labute approximate surface area is 168 Å². The van der Waals surface area contributed by atoms with Crippen molar-refractivity contribution < 1.29 is 23.4 Å². The number of ether oxygens (including phenoxy) is 3. The van der Waals surface area contributed by atoms with Crippen LogP contribution in [-0.4, -0.2) is 50.6 Å². The first-order chi connectivity index (χ1) is 14.2. The number of fused-ring (bicyclic) bond motifs is 1. The molecule has 0 unspecified atom stereocenters. The van der Waals surface area contributed by atoms with Gasteiger partial charge in [0, 0.05) is 13.1 Å². The van der Waals surface area contributed by atoms with Crippen molar-refractivity contribution in [2.24, 2.45) is 0 Å². The average molecular weight is 397 g/mol. The van der Waals surface area contributed by atoms with E-state index in [2.05, 4.69) is 10.3 Å². The smallest absolute Gasteiger partial charge is 0.407 e. The third-order valence-electron chi connectivity index (χ3n) is 4.66. The quantitative estimate of drug-likeness (QED) is 0.708. The first-order valence-corrected chi connectivity index (χ1v) is 9.47. The number of carbonyl (C=O) groups is 1. The van der Waals surface area contributed by atoms with Crippen LogP contribution in [0.5, 0.6) is 5.75 Å². The van der Waals surface area contributed by atoms with E-state index < -0.39 is 12.2 Å². The van der Waals surface area contributed by atoms with E-state index in [0.717, 1.165) is 22.4 Å². The van der Waals surface area contributed by atoms with Gasteiger partial charge >= 0.3 is 6.09 Å². The largest absolute Gasteiger partial charge is 0.497 e. The fourth-order valence-electron chi connectivity index (χ4n) is 3.13. The molecule has 1 aromatic heterocycles. The number of aromatic nitrogens is 1. The third kappa shape index (κ3) is 4.78. The number of amides is 1. The van der Waals surface area contributed by atoms with E-state index in [0.29, 0.717) is 38.9 Å². The van der Waals surface area contributed by atoms with Crippen LogP contribution in [0.1, 0.15) is 5.56 Å². The van der Waals surface area contributed by atoms with Gasteiger partial charge in [-0.1, -0.05) is 24.3 Å². The normalized spacial score (nSPS) is 17.0. The van der Waals surface area contributed by atoms with E-state index in [1.54, 1.807) is 7.11 Å². The van der Waals surface area contributed by atoms with Crippen LogP contribution in [0.4, 0.5) is 10.8 Å². The lowest BCUT2D eigenvalue weighted by molar-refractivity contribution is 0.0379. The molecule has 4 rings (SSSR count). The molecule has 0 bridgehead atoms. The van der Waals surface area contributed by atoms with Gasteiger partial charge < -0.3 is 28.8 Å². The van der Waals surface area contributed by atoms with Crippen LogP contribution in [0.3, 0.4) is 0 Å². The van der Waals surface area contributed by atoms with Gasteiger partial charge in [0.25, 0.3) is 6.01 Å². The molecule has 1 aliphatic rings. The summed E-state index contributed by atoms with van der Waals surface area (Å²) in [6.07, 6.45) is -0.919. The molecule has 2 heterocycles. The van der Waals surface area contributed by atoms with Gasteiger partial charge in [0.05, 0.1) is 26.9 Å². The summed E-state index contributed by atoms with van der Waals surface area (Å²) in [5.41, 5.74) is 2.47. The van der Waals surface area contributed by atoms with Gasteiger partial charge in [-0.05, 0) is 29.8 Å². The maximum Gasteiger partial charge on any atom is 0.407 e. The second-order valence-corrected chi connectivity index (χ2v) is 6.71. The summed E-state index contributed by atoms with van der Waals surface area (Å²) in [6.45, 7) is 2.26. The third-order valence-corrected chi connectivity index (χ3v) is 4.66. The number of oxazole rings is 1. The van der Waals surface area contributed by atoms with Crippen LogP contribution in [-0.2, 0) is 16.0 Å². The van der Waals surface area contributed by atoms with Crippen molar-refractivity contribution in [1.82, 2.24) is 10.3 Å². The SMILES string of the molecule is COc1ccc(CNC(=O)O[C@H]2COCCN(c3nc4ccccc4o3)C2)cc1. The van der Waals surface area contributed by atoms with Crippen LogP contribution >= 0.6 is 0 Å². The number of nitrogens with zero attached hydrogens (tertiary/aromatic N) is 2. The van der Waals surface area contributed by atoms with Crippen LogP contribution in [0.25, 0.3) is 11.1 Å². The molecule has 0 saturated carbocycles. The Balaban J connectivity index is 1.34. The number of hydrogen-bond acceptors (Lipinski definition) is 7. The first-order valence-electron chi connectivity index (χ1n) is 9.47. The summed E-state index contributed by atoms with van der Waals surface area (Å²) in [7, 11) is 1.61. The summed E-state index contributed by atoms with van der Waals surface area (Å²) in [5, 5.41) is 2.77. The fourth-order valence-corrected chi connectivity index (χ4v) is 3.13. The van der Waals surface area contributed by atoms with E-state index >= 15 is 0 Å². The number of hydrogen-bond donors (Lipinski definition) is 1. The van der Waals surface area contributed by atoms with Crippen molar-refractivity contribution in [1.29, 1.82) is 0 Å². The zero-order valence-electron chi connectivity index (χ0n) is 16.2. The summed E-state index contributed by atoms with van der Waals surface area (Å²) in [5.74, 6) is 0.770. The van der Waals surface area contributed by atoms with Crippen LogP contribution in [0, 0.1) is 0 Å². The molecule has 152 valence electrons. The van der Waals surface area contributed by atoms with Gasteiger partial charge in [-0.15, -0.1) is 0 Å². The Morgan fingerprint density at radius 3 is 2.86 bits per heavy atom. The second-order valence-electron chi connectivity index (χ2n) is 6.71. The fraction of sp³-hybridized carbons (Fsp3) is 0.333. The molecule has 1 aliphatic heterocycles. The zero-order chi connectivity index (χ0) is 20.1. The molecule has 0 radical (unpaired) electrons. The second kappa shape index (κ2) is 8.83. The molecule has 1 N–H and O–H groups in total. The predicted molar refractivity (Wildman–Crippen MR) is 107 cm³/mol. The van der Waals surface area contributed by atoms with Crippen molar-refractivity contribution in [2.75, 3.05) is 38.3 Å². The number of para-hydroxylation sites is 2. The number of methoxy groups -OCH3 is 1. The van der Waals surface area contributed by atoms with Crippen molar-refractivity contribution >= 4 is 23.2 Å². The van der Waals surface area contributed by atoms with Gasteiger partial charge in [0.1, 0.15) is 17.4 Å². The van der Waals surface area contributed by atoms with E-state index in [1.165, 1.54) is 0 Å². The minimum Gasteiger partial charge on any atom is -0.497 e. The lowest BCUT2D eigenvalue weighted by Crippen LogP contribution is -2.38. The Morgan fingerprint density at radius 2 is 2.07 bits per heavy atom. The molecular weight excluding hydrogens is 374 g/mol. The molecule has 29 heavy (non-hydrogen) atoms. The number of nitrogens with one attached hydrogen (secondary N) is 1. The first kappa shape index (κ1) is 19.1. The molecule has 8 nitrogen and oxygen atoms in total. The molecule has 0 spiro atoms. The molecule has 1 atom stereocenters. The van der Waals surface area contributed by atoms with Crippen molar-refractivity contribution in [2.45, 2.75) is 12.6 Å². The van der Waals surface area contributed by atoms with Crippen molar-refractivity contribution in [3.05, 3.63) is 54.1 Å². The van der Waals surface area contributed by atoms with Gasteiger partial charge in [-0.25, -0.2) is 4.79 Å². The molecule has 3 aromatic rings. The Bertz CT molecular complexity index is 923. The number of anilines is 1. The van der Waals surface area contributed by atoms with Crippen LogP contribution < -0.4 is 15.0 Å². The minimum absolute atomic E-state index is 0.326. The predicted octanol–water partition coefficient (Wildman–Crippen LogP) is 2.97. The highest BCUT2D eigenvalue weighted by atomic mass is 16.6. The molecule has 8 heteroatoms. The number of alkyl carbamates (subject to hydrolysis) is 1. The Kier molecular flexibility index (Phi) is 5.81. The maximum absolute atomic E-state index is 12.2. The van der Waals surface area contributed by atoms with Crippen LogP contribution in [0.15, 0.2) is 52.9 Å². The highest BCUT2D eigenvalue weighted by Crippen LogP contribution is 2.22. The summed E-state index contributed by atoms with van der Waals surface area (Å²) in [6, 6.07) is 15.6. The highest BCUT2D eigenvalue weighted by molar-refractivity contribution is 5.74. The molecule has 2 aromatic carbocycles. The molecular formula is C21H23N3O5. The standard InChI is InChI=1S/C21H23N3O5/c1-26-16-8-6-15(7-9-16)12-22-21(25)28-17-13-24(10-11-27-14-17)20-23-18-4-2-3-5-19(18)29-20/h2-9,17H,10-14H2,1H3,(H,22,25)/t17-/m1/s1. The van der Waals surface area contributed by atoms with Crippen LogP contribution in [0.2, 0.25) is 0 Å². The zero-order valence-corrected chi connectivity index (χ0v) is 16.2. The summed E-state index contributed by atoms with van der Waals surface area (Å²) in [4.78, 5) is 18.7. The average Bonchev–Trinajstić information content (AvgIpc) is 3.05. The number of benzene rings is 2. The summed E-state index contributed by atoms with van der Waals surface area (Å²) < 4.78 is 22.1. The minimum atomic E-state index is -0.492. The maximum atomic E-state index is 12.2. The monoisotopic (exact) mass is 397 g/mol. The number of rotatable bonds is 5. The topological polar surface area (TPSA) is 86.1 Å². The Hall–Kier alpha value is -3.26. The van der Waals surface area contributed by atoms with E-state index in [1.807, 2.05) is 53.4 Å². The van der Waals surface area contributed by atoms with Crippen molar-refractivity contribution in [3.8, 4) is 5.75 Å². The van der Waals surface area contributed by atoms with E-state index in [9.17, 15) is 4.79 Å². The van der Waals surface area contributed by atoms with E-state index in [4.69, 9.17) is 18.6 Å². The lowest BCUT2D eigenvalue weighted by Gasteiger charge is -2.22.